The lowest BCUT2D eigenvalue weighted by Crippen LogP contribution is -1.99. The smallest absolute Gasteiger partial charge is 0.122 e. The standard InChI is InChI=1S/C9H10FN/c10-7-3-1-6(2-4-7)8-5-9(8)11/h1-3,7-8,11H,4-5H2/t7?,8-/m0/s1. The second-order valence-electron chi connectivity index (χ2n) is 3.10. The Morgan fingerprint density at radius 2 is 2.27 bits per heavy atom. The first-order valence-corrected chi connectivity index (χ1v) is 3.87. The molecule has 1 unspecified atom stereocenters. The van der Waals surface area contributed by atoms with Gasteiger partial charge in [0.1, 0.15) is 6.17 Å². The highest BCUT2D eigenvalue weighted by Gasteiger charge is 2.32. The molecule has 1 fully saturated rings. The predicted octanol–water partition coefficient (Wildman–Crippen LogP) is 2.25. The highest BCUT2D eigenvalue weighted by molar-refractivity contribution is 6.01. The molecule has 0 aromatic rings. The molecule has 0 radical (unpaired) electrons. The van der Waals surface area contributed by atoms with Crippen molar-refractivity contribution in [1.29, 1.82) is 5.41 Å². The molecule has 11 heavy (non-hydrogen) atoms. The summed E-state index contributed by atoms with van der Waals surface area (Å²) in [5.74, 6) is 0.332. The lowest BCUT2D eigenvalue weighted by molar-refractivity contribution is 0.400. The highest BCUT2D eigenvalue weighted by atomic mass is 19.1. The molecule has 0 spiro atoms. The maximum Gasteiger partial charge on any atom is 0.122 e. The van der Waals surface area contributed by atoms with Gasteiger partial charge in [-0.05, 0) is 12.0 Å². The largest absolute Gasteiger partial charge is 0.309 e. The summed E-state index contributed by atoms with van der Waals surface area (Å²) in [6.45, 7) is 0. The monoisotopic (exact) mass is 151 g/mol. The molecule has 0 heterocycles. The van der Waals surface area contributed by atoms with Gasteiger partial charge >= 0.3 is 0 Å². The zero-order valence-corrected chi connectivity index (χ0v) is 6.18. The van der Waals surface area contributed by atoms with Crippen molar-refractivity contribution in [3.05, 3.63) is 23.8 Å². The van der Waals surface area contributed by atoms with Gasteiger partial charge in [0, 0.05) is 18.1 Å². The lowest BCUT2D eigenvalue weighted by atomic mass is 10.0. The predicted molar refractivity (Wildman–Crippen MR) is 42.6 cm³/mol. The van der Waals surface area contributed by atoms with Crippen LogP contribution < -0.4 is 0 Å². The Hall–Kier alpha value is -0.920. The van der Waals surface area contributed by atoms with E-state index >= 15 is 0 Å². The van der Waals surface area contributed by atoms with E-state index in [2.05, 4.69) is 0 Å². The number of rotatable bonds is 1. The summed E-state index contributed by atoms with van der Waals surface area (Å²) in [5, 5.41) is 7.29. The summed E-state index contributed by atoms with van der Waals surface area (Å²) in [5.41, 5.74) is 1.93. The molecule has 0 aromatic carbocycles. The number of allylic oxidation sites excluding steroid dienone is 4. The lowest BCUT2D eigenvalue weighted by Gasteiger charge is -2.07. The van der Waals surface area contributed by atoms with E-state index in [9.17, 15) is 4.39 Å². The van der Waals surface area contributed by atoms with E-state index in [0.717, 1.165) is 17.7 Å². The molecule has 0 aliphatic heterocycles. The Morgan fingerprint density at radius 1 is 1.55 bits per heavy atom. The van der Waals surface area contributed by atoms with Crippen LogP contribution in [-0.2, 0) is 0 Å². The Morgan fingerprint density at radius 3 is 2.73 bits per heavy atom. The maximum absolute atomic E-state index is 12.6. The third kappa shape index (κ3) is 1.25. The van der Waals surface area contributed by atoms with Gasteiger partial charge in [0.25, 0.3) is 0 Å². The van der Waals surface area contributed by atoms with Gasteiger partial charge in [0.2, 0.25) is 0 Å². The van der Waals surface area contributed by atoms with Crippen LogP contribution in [0.15, 0.2) is 23.8 Å². The van der Waals surface area contributed by atoms with Crippen molar-refractivity contribution in [3.8, 4) is 0 Å². The summed E-state index contributed by atoms with van der Waals surface area (Å²) >= 11 is 0. The Balaban J connectivity index is 2.07. The van der Waals surface area contributed by atoms with E-state index in [1.165, 1.54) is 0 Å². The van der Waals surface area contributed by atoms with Crippen LogP contribution in [-0.4, -0.2) is 11.9 Å². The average Bonchev–Trinajstić information content (AvgIpc) is 2.69. The molecule has 2 atom stereocenters. The van der Waals surface area contributed by atoms with Crippen LogP contribution in [0, 0.1) is 11.3 Å². The van der Waals surface area contributed by atoms with Crippen molar-refractivity contribution in [3.63, 3.8) is 0 Å². The fourth-order valence-corrected chi connectivity index (χ4v) is 1.35. The van der Waals surface area contributed by atoms with Crippen LogP contribution in [0.2, 0.25) is 0 Å². The van der Waals surface area contributed by atoms with Gasteiger partial charge in [-0.1, -0.05) is 18.2 Å². The quantitative estimate of drug-likeness (QED) is 0.594. The van der Waals surface area contributed by atoms with Crippen LogP contribution in [0.3, 0.4) is 0 Å². The zero-order valence-electron chi connectivity index (χ0n) is 6.18. The molecule has 0 amide bonds. The second kappa shape index (κ2) is 2.29. The van der Waals surface area contributed by atoms with Crippen LogP contribution >= 0.6 is 0 Å². The number of hydrogen-bond acceptors (Lipinski definition) is 1. The van der Waals surface area contributed by atoms with Crippen molar-refractivity contribution in [2.24, 2.45) is 5.92 Å². The molecule has 0 aromatic heterocycles. The van der Waals surface area contributed by atoms with Crippen molar-refractivity contribution < 1.29 is 4.39 Å². The Bertz CT molecular complexity index is 252. The first-order chi connectivity index (χ1) is 5.27. The summed E-state index contributed by atoms with van der Waals surface area (Å²) in [4.78, 5) is 0. The molecule has 2 aliphatic rings. The van der Waals surface area contributed by atoms with E-state index < -0.39 is 6.17 Å². The number of hydrogen-bond donors (Lipinski definition) is 1. The minimum atomic E-state index is -0.799. The molecule has 2 heteroatoms. The normalized spacial score (nSPS) is 35.4. The fourth-order valence-electron chi connectivity index (χ4n) is 1.35. The van der Waals surface area contributed by atoms with E-state index in [0.29, 0.717) is 12.3 Å². The summed E-state index contributed by atoms with van der Waals surface area (Å²) in [7, 11) is 0. The minimum Gasteiger partial charge on any atom is -0.309 e. The van der Waals surface area contributed by atoms with E-state index in [1.807, 2.05) is 12.2 Å². The second-order valence-corrected chi connectivity index (χ2v) is 3.10. The summed E-state index contributed by atoms with van der Waals surface area (Å²) < 4.78 is 12.6. The SMILES string of the molecule is N=C1C[C@H]1C1=CCC(F)C=C1. The van der Waals surface area contributed by atoms with Gasteiger partial charge < -0.3 is 5.41 Å². The third-order valence-electron chi connectivity index (χ3n) is 2.16. The van der Waals surface area contributed by atoms with Crippen molar-refractivity contribution in [2.45, 2.75) is 19.0 Å². The molecule has 1 saturated carbocycles. The van der Waals surface area contributed by atoms with Crippen molar-refractivity contribution >= 4 is 5.71 Å². The molecule has 2 aliphatic carbocycles. The van der Waals surface area contributed by atoms with Gasteiger partial charge in [-0.15, -0.1) is 0 Å². The summed E-state index contributed by atoms with van der Waals surface area (Å²) in [6.07, 6.45) is 5.90. The number of alkyl halides is 1. The Kier molecular flexibility index (Phi) is 1.41. The molecular formula is C9H10FN. The van der Waals surface area contributed by atoms with E-state index in [-0.39, 0.29) is 0 Å². The van der Waals surface area contributed by atoms with E-state index in [4.69, 9.17) is 5.41 Å². The minimum absolute atomic E-state index is 0.332. The maximum atomic E-state index is 12.6. The molecule has 1 N–H and O–H groups in total. The van der Waals surface area contributed by atoms with Gasteiger partial charge in [-0.3, -0.25) is 0 Å². The van der Waals surface area contributed by atoms with Crippen LogP contribution in [0.4, 0.5) is 4.39 Å². The molecule has 2 rings (SSSR count). The van der Waals surface area contributed by atoms with Crippen LogP contribution in [0.25, 0.3) is 0 Å². The molecule has 58 valence electrons. The topological polar surface area (TPSA) is 23.9 Å². The molecule has 1 nitrogen and oxygen atoms in total. The van der Waals surface area contributed by atoms with Crippen molar-refractivity contribution in [1.82, 2.24) is 0 Å². The Labute approximate surface area is 65.1 Å². The molecular weight excluding hydrogens is 141 g/mol. The van der Waals surface area contributed by atoms with E-state index in [1.54, 1.807) is 6.08 Å². The first-order valence-electron chi connectivity index (χ1n) is 3.87. The van der Waals surface area contributed by atoms with Gasteiger partial charge in [-0.2, -0.15) is 0 Å². The van der Waals surface area contributed by atoms with Gasteiger partial charge in [0.05, 0.1) is 0 Å². The van der Waals surface area contributed by atoms with Crippen LogP contribution in [0.1, 0.15) is 12.8 Å². The summed E-state index contributed by atoms with van der Waals surface area (Å²) in [6, 6.07) is 0. The fraction of sp³-hybridized carbons (Fsp3) is 0.444. The first kappa shape index (κ1) is 6.77. The third-order valence-corrected chi connectivity index (χ3v) is 2.16. The van der Waals surface area contributed by atoms with Crippen molar-refractivity contribution in [2.75, 3.05) is 0 Å². The van der Waals surface area contributed by atoms with Gasteiger partial charge in [0.15, 0.2) is 0 Å². The number of halogens is 1. The average molecular weight is 151 g/mol. The highest BCUT2D eigenvalue weighted by Crippen LogP contribution is 2.35. The number of nitrogens with one attached hydrogen (secondary N) is 1. The van der Waals surface area contributed by atoms with Crippen LogP contribution in [0.5, 0.6) is 0 Å². The molecule has 0 bridgehead atoms. The molecule has 0 saturated heterocycles. The zero-order chi connectivity index (χ0) is 7.84. The van der Waals surface area contributed by atoms with Gasteiger partial charge in [-0.25, -0.2) is 4.39 Å².